The molecule has 1 aromatic heterocycles. The average Bonchev–Trinajstić information content (AvgIpc) is 2.16. The molecule has 76 valence electrons. The summed E-state index contributed by atoms with van der Waals surface area (Å²) in [6, 6.07) is 1.11. The lowest BCUT2D eigenvalue weighted by molar-refractivity contribution is -0.137. The Kier molecular flexibility index (Phi) is 2.09. The quantitative estimate of drug-likeness (QED) is 0.646. The first kappa shape index (κ1) is 9.30. The van der Waals surface area contributed by atoms with Gasteiger partial charge in [-0.2, -0.15) is 13.2 Å². The van der Waals surface area contributed by atoms with Gasteiger partial charge in [-0.25, -0.2) is 4.98 Å². The molecule has 0 radical (unpaired) electrons. The fourth-order valence-corrected chi connectivity index (χ4v) is 1.39. The van der Waals surface area contributed by atoms with E-state index < -0.39 is 11.7 Å². The van der Waals surface area contributed by atoms with Crippen LogP contribution in [0.25, 0.3) is 0 Å². The zero-order valence-corrected chi connectivity index (χ0v) is 7.27. The lowest BCUT2D eigenvalue weighted by atomic mass is 10.1. The zero-order chi connectivity index (χ0) is 10.2. The standard InChI is InChI=1S/C9H8F3NO/c10-9(11,12)7-4-6-2-1-3-14-8(6)13-5-7/h4-5H,1-3H2. The number of aromatic nitrogens is 1. The highest BCUT2D eigenvalue weighted by atomic mass is 19.4. The SMILES string of the molecule is FC(F)(F)c1cnc2c(c1)CCCO2. The Morgan fingerprint density at radius 1 is 1.36 bits per heavy atom. The first-order valence-electron chi connectivity index (χ1n) is 4.26. The van der Waals surface area contributed by atoms with Crippen molar-refractivity contribution < 1.29 is 17.9 Å². The third-order valence-electron chi connectivity index (χ3n) is 2.08. The van der Waals surface area contributed by atoms with Crippen molar-refractivity contribution in [2.45, 2.75) is 19.0 Å². The average molecular weight is 203 g/mol. The Morgan fingerprint density at radius 3 is 2.86 bits per heavy atom. The monoisotopic (exact) mass is 203 g/mol. The largest absolute Gasteiger partial charge is 0.477 e. The smallest absolute Gasteiger partial charge is 0.417 e. The number of rotatable bonds is 0. The number of hydrogen-bond donors (Lipinski definition) is 0. The van der Waals surface area contributed by atoms with Gasteiger partial charge in [-0.3, -0.25) is 0 Å². The maximum absolute atomic E-state index is 12.3. The molecule has 5 heteroatoms. The van der Waals surface area contributed by atoms with E-state index in [2.05, 4.69) is 4.98 Å². The van der Waals surface area contributed by atoms with Crippen molar-refractivity contribution >= 4 is 0 Å². The molecule has 0 aromatic carbocycles. The molecule has 2 rings (SSSR count). The minimum Gasteiger partial charge on any atom is -0.477 e. The molecule has 0 atom stereocenters. The third-order valence-corrected chi connectivity index (χ3v) is 2.08. The molecule has 0 fully saturated rings. The second kappa shape index (κ2) is 3.15. The van der Waals surface area contributed by atoms with Crippen LogP contribution in [0.4, 0.5) is 13.2 Å². The normalized spacial score (nSPS) is 15.9. The minimum atomic E-state index is -4.32. The molecular formula is C9H8F3NO. The fourth-order valence-electron chi connectivity index (χ4n) is 1.39. The first-order chi connectivity index (χ1) is 6.57. The van der Waals surface area contributed by atoms with Gasteiger partial charge in [-0.1, -0.05) is 0 Å². The summed E-state index contributed by atoms with van der Waals surface area (Å²) in [5, 5.41) is 0. The fraction of sp³-hybridized carbons (Fsp3) is 0.444. The number of aryl methyl sites for hydroxylation is 1. The van der Waals surface area contributed by atoms with Gasteiger partial charge in [0.15, 0.2) is 0 Å². The highest BCUT2D eigenvalue weighted by Crippen LogP contribution is 2.32. The second-order valence-corrected chi connectivity index (χ2v) is 3.14. The van der Waals surface area contributed by atoms with Gasteiger partial charge in [0, 0.05) is 11.8 Å². The van der Waals surface area contributed by atoms with Crippen LogP contribution < -0.4 is 4.74 Å². The van der Waals surface area contributed by atoms with E-state index in [0.717, 1.165) is 18.7 Å². The van der Waals surface area contributed by atoms with Crippen LogP contribution in [-0.4, -0.2) is 11.6 Å². The summed E-state index contributed by atoms with van der Waals surface area (Å²) in [5.41, 5.74) is -0.159. The molecule has 1 aromatic rings. The van der Waals surface area contributed by atoms with E-state index in [4.69, 9.17) is 4.74 Å². The molecule has 0 unspecified atom stereocenters. The number of ether oxygens (including phenoxy) is 1. The van der Waals surface area contributed by atoms with E-state index >= 15 is 0 Å². The van der Waals surface area contributed by atoms with Crippen molar-refractivity contribution in [3.05, 3.63) is 23.4 Å². The van der Waals surface area contributed by atoms with E-state index in [1.165, 1.54) is 0 Å². The summed E-state index contributed by atoms with van der Waals surface area (Å²) >= 11 is 0. The Hall–Kier alpha value is -1.26. The predicted octanol–water partition coefficient (Wildman–Crippen LogP) is 2.43. The van der Waals surface area contributed by atoms with Crippen LogP contribution in [0.5, 0.6) is 5.88 Å². The molecule has 0 saturated carbocycles. The zero-order valence-electron chi connectivity index (χ0n) is 7.27. The number of hydrogen-bond acceptors (Lipinski definition) is 2. The van der Waals surface area contributed by atoms with Gasteiger partial charge >= 0.3 is 6.18 Å². The van der Waals surface area contributed by atoms with E-state index in [1.807, 2.05) is 0 Å². The summed E-state index contributed by atoms with van der Waals surface area (Å²) in [5.74, 6) is 0.337. The lowest BCUT2D eigenvalue weighted by Crippen LogP contribution is -2.13. The van der Waals surface area contributed by atoms with E-state index in [-0.39, 0.29) is 0 Å². The van der Waals surface area contributed by atoms with Crippen molar-refractivity contribution in [2.24, 2.45) is 0 Å². The molecular weight excluding hydrogens is 195 g/mol. The van der Waals surface area contributed by atoms with Crippen LogP contribution in [0.2, 0.25) is 0 Å². The van der Waals surface area contributed by atoms with Crippen molar-refractivity contribution in [3.63, 3.8) is 0 Å². The van der Waals surface area contributed by atoms with Crippen LogP contribution in [0.15, 0.2) is 12.3 Å². The summed E-state index contributed by atoms with van der Waals surface area (Å²) in [6.45, 7) is 0.533. The maximum Gasteiger partial charge on any atom is 0.417 e. The van der Waals surface area contributed by atoms with Gasteiger partial charge in [0.2, 0.25) is 5.88 Å². The van der Waals surface area contributed by atoms with Crippen LogP contribution in [-0.2, 0) is 12.6 Å². The summed E-state index contributed by atoms with van der Waals surface area (Å²) < 4.78 is 41.9. The topological polar surface area (TPSA) is 22.1 Å². The van der Waals surface area contributed by atoms with Gasteiger partial charge in [0.1, 0.15) is 0 Å². The van der Waals surface area contributed by atoms with Gasteiger partial charge in [0.25, 0.3) is 0 Å². The molecule has 0 amide bonds. The molecule has 1 aliphatic rings. The summed E-state index contributed by atoms with van der Waals surface area (Å²) in [6.07, 6.45) is -2.16. The van der Waals surface area contributed by atoms with Crippen molar-refractivity contribution in [1.82, 2.24) is 4.98 Å². The molecule has 0 N–H and O–H groups in total. The van der Waals surface area contributed by atoms with Gasteiger partial charge < -0.3 is 4.74 Å². The lowest BCUT2D eigenvalue weighted by Gasteiger charge is -2.17. The van der Waals surface area contributed by atoms with Gasteiger partial charge in [-0.05, 0) is 18.9 Å². The van der Waals surface area contributed by atoms with Crippen LogP contribution in [0.1, 0.15) is 17.5 Å². The predicted molar refractivity (Wildman–Crippen MR) is 43.1 cm³/mol. The Bertz CT molecular complexity index is 348. The van der Waals surface area contributed by atoms with Crippen molar-refractivity contribution in [2.75, 3.05) is 6.61 Å². The van der Waals surface area contributed by atoms with Crippen molar-refractivity contribution in [3.8, 4) is 5.88 Å². The molecule has 0 saturated heterocycles. The number of halogens is 3. The Labute approximate surface area is 78.7 Å². The Balaban J connectivity index is 2.39. The number of alkyl halides is 3. The molecule has 1 aliphatic heterocycles. The molecule has 2 nitrogen and oxygen atoms in total. The number of nitrogens with zero attached hydrogens (tertiary/aromatic N) is 1. The summed E-state index contributed by atoms with van der Waals surface area (Å²) in [4.78, 5) is 3.64. The number of pyridine rings is 1. The minimum absolute atomic E-state index is 0.337. The van der Waals surface area contributed by atoms with Gasteiger partial charge in [-0.15, -0.1) is 0 Å². The molecule has 14 heavy (non-hydrogen) atoms. The Morgan fingerprint density at radius 2 is 2.14 bits per heavy atom. The molecule has 0 aliphatic carbocycles. The van der Waals surface area contributed by atoms with Crippen molar-refractivity contribution in [1.29, 1.82) is 0 Å². The van der Waals surface area contributed by atoms with Crippen LogP contribution in [0.3, 0.4) is 0 Å². The van der Waals surface area contributed by atoms with Gasteiger partial charge in [0.05, 0.1) is 12.2 Å². The maximum atomic E-state index is 12.3. The third kappa shape index (κ3) is 1.66. The first-order valence-corrected chi connectivity index (χ1v) is 4.26. The highest BCUT2D eigenvalue weighted by Gasteiger charge is 2.32. The highest BCUT2D eigenvalue weighted by molar-refractivity contribution is 5.32. The summed E-state index contributed by atoms with van der Waals surface area (Å²) in [7, 11) is 0. The molecule has 2 heterocycles. The van der Waals surface area contributed by atoms with E-state index in [9.17, 15) is 13.2 Å². The molecule has 0 bridgehead atoms. The molecule has 0 spiro atoms. The second-order valence-electron chi connectivity index (χ2n) is 3.14. The van der Waals surface area contributed by atoms with Crippen LogP contribution >= 0.6 is 0 Å². The van der Waals surface area contributed by atoms with Crippen LogP contribution in [0, 0.1) is 0 Å². The van der Waals surface area contributed by atoms with E-state index in [0.29, 0.717) is 24.5 Å². The van der Waals surface area contributed by atoms with E-state index in [1.54, 1.807) is 0 Å². The number of fused-ring (bicyclic) bond motifs is 1.